The Morgan fingerprint density at radius 3 is 2.65 bits per heavy atom. The lowest BCUT2D eigenvalue weighted by atomic mass is 9.58. The molecule has 0 aromatic heterocycles. The third-order valence-corrected chi connectivity index (χ3v) is 5.52. The Labute approximate surface area is 137 Å². The van der Waals surface area contributed by atoms with E-state index in [1.165, 1.54) is 0 Å². The van der Waals surface area contributed by atoms with Crippen molar-refractivity contribution in [3.05, 3.63) is 29.8 Å². The minimum atomic E-state index is -0.298. The Morgan fingerprint density at radius 1 is 1.35 bits per heavy atom. The molecule has 1 spiro atoms. The van der Waals surface area contributed by atoms with E-state index < -0.39 is 0 Å². The molecular formula is C18H25NO4. The molecule has 1 aromatic carbocycles. The van der Waals surface area contributed by atoms with Crippen LogP contribution in [0.4, 0.5) is 0 Å². The molecular weight excluding hydrogens is 294 g/mol. The highest BCUT2D eigenvalue weighted by Crippen LogP contribution is 2.50. The number of likely N-dealkylation sites (tertiary alicyclic amines) is 1. The van der Waals surface area contributed by atoms with Crippen molar-refractivity contribution < 1.29 is 19.4 Å². The first-order valence-corrected chi connectivity index (χ1v) is 8.24. The summed E-state index contributed by atoms with van der Waals surface area (Å²) in [5.74, 6) is 0.758. The molecule has 0 unspecified atom stereocenters. The van der Waals surface area contributed by atoms with Crippen molar-refractivity contribution in [2.24, 2.45) is 5.41 Å². The van der Waals surface area contributed by atoms with Gasteiger partial charge in [0, 0.05) is 32.0 Å². The Balaban J connectivity index is 1.52. The third kappa shape index (κ3) is 2.95. The second-order valence-electron chi connectivity index (χ2n) is 6.64. The van der Waals surface area contributed by atoms with Gasteiger partial charge in [-0.2, -0.15) is 0 Å². The molecule has 1 N–H and O–H groups in total. The second-order valence-corrected chi connectivity index (χ2v) is 6.64. The number of aliphatic hydroxyl groups is 1. The zero-order valence-corrected chi connectivity index (χ0v) is 13.8. The fourth-order valence-electron chi connectivity index (χ4n) is 3.83. The number of aryl methyl sites for hydroxylation is 1. The number of methoxy groups -OCH3 is 1. The topological polar surface area (TPSA) is 59.0 Å². The molecule has 1 aliphatic carbocycles. The summed E-state index contributed by atoms with van der Waals surface area (Å²) >= 11 is 0. The van der Waals surface area contributed by atoms with E-state index in [9.17, 15) is 9.90 Å². The molecule has 1 aliphatic heterocycles. The number of piperidine rings is 1. The molecule has 5 nitrogen and oxygen atoms in total. The van der Waals surface area contributed by atoms with E-state index in [1.807, 2.05) is 36.1 Å². The van der Waals surface area contributed by atoms with Crippen LogP contribution in [0.25, 0.3) is 0 Å². The van der Waals surface area contributed by atoms with Gasteiger partial charge in [0.05, 0.1) is 12.2 Å². The van der Waals surface area contributed by atoms with Crippen LogP contribution in [0, 0.1) is 12.3 Å². The van der Waals surface area contributed by atoms with Gasteiger partial charge >= 0.3 is 0 Å². The smallest absolute Gasteiger partial charge is 0.260 e. The highest BCUT2D eigenvalue weighted by Gasteiger charge is 2.56. The summed E-state index contributed by atoms with van der Waals surface area (Å²) in [5, 5.41) is 10.1. The number of benzene rings is 1. The molecule has 0 bridgehead atoms. The molecule has 3 rings (SSSR count). The van der Waals surface area contributed by atoms with Crippen molar-refractivity contribution >= 4 is 5.91 Å². The zero-order chi connectivity index (χ0) is 16.4. The van der Waals surface area contributed by atoms with Crippen LogP contribution in [0.3, 0.4) is 0 Å². The van der Waals surface area contributed by atoms with E-state index in [2.05, 4.69) is 0 Å². The number of hydrogen-bond acceptors (Lipinski definition) is 4. The van der Waals surface area contributed by atoms with Crippen LogP contribution in [0.5, 0.6) is 5.75 Å². The molecule has 1 saturated carbocycles. The molecule has 1 saturated heterocycles. The molecule has 2 aliphatic rings. The zero-order valence-electron chi connectivity index (χ0n) is 13.8. The van der Waals surface area contributed by atoms with Crippen molar-refractivity contribution in [2.75, 3.05) is 26.8 Å². The Morgan fingerprint density at radius 2 is 2.04 bits per heavy atom. The maximum atomic E-state index is 12.3. The van der Waals surface area contributed by atoms with Gasteiger partial charge < -0.3 is 19.5 Å². The van der Waals surface area contributed by atoms with Crippen LogP contribution in [-0.4, -0.2) is 54.9 Å². The Kier molecular flexibility index (Phi) is 4.60. The lowest BCUT2D eigenvalue weighted by Gasteiger charge is -2.56. The molecule has 0 radical (unpaired) electrons. The molecule has 1 heterocycles. The fraction of sp³-hybridized carbons (Fsp3) is 0.611. The van der Waals surface area contributed by atoms with Crippen molar-refractivity contribution in [3.8, 4) is 5.75 Å². The maximum absolute atomic E-state index is 12.3. The van der Waals surface area contributed by atoms with E-state index >= 15 is 0 Å². The van der Waals surface area contributed by atoms with Gasteiger partial charge in [-0.1, -0.05) is 18.2 Å². The minimum absolute atomic E-state index is 0.00545. The van der Waals surface area contributed by atoms with Crippen LogP contribution >= 0.6 is 0 Å². The second kappa shape index (κ2) is 6.49. The monoisotopic (exact) mass is 319 g/mol. The van der Waals surface area contributed by atoms with Crippen molar-refractivity contribution in [2.45, 2.75) is 38.4 Å². The van der Waals surface area contributed by atoms with Crippen LogP contribution in [-0.2, 0) is 9.53 Å². The summed E-state index contributed by atoms with van der Waals surface area (Å²) in [6.45, 7) is 3.35. The van der Waals surface area contributed by atoms with Crippen molar-refractivity contribution in [3.63, 3.8) is 0 Å². The van der Waals surface area contributed by atoms with E-state index in [1.54, 1.807) is 7.11 Å². The highest BCUT2D eigenvalue weighted by atomic mass is 16.5. The number of rotatable bonds is 4. The minimum Gasteiger partial charge on any atom is -0.484 e. The predicted molar refractivity (Wildman–Crippen MR) is 86.3 cm³/mol. The SMILES string of the molecule is CO[C@@H]1C[C@H](O)C12CCN(C(=O)COc1ccccc1C)CC2. The van der Waals surface area contributed by atoms with Crippen LogP contribution in [0.1, 0.15) is 24.8 Å². The first-order valence-electron chi connectivity index (χ1n) is 8.24. The average molecular weight is 319 g/mol. The average Bonchev–Trinajstić information content (AvgIpc) is 2.58. The van der Waals surface area contributed by atoms with Crippen LogP contribution < -0.4 is 4.74 Å². The Hall–Kier alpha value is -1.59. The van der Waals surface area contributed by atoms with Gasteiger partial charge in [0.2, 0.25) is 0 Å². The van der Waals surface area contributed by atoms with Gasteiger partial charge in [0.15, 0.2) is 6.61 Å². The summed E-state index contributed by atoms with van der Waals surface area (Å²) < 4.78 is 11.1. The molecule has 2 fully saturated rings. The largest absolute Gasteiger partial charge is 0.484 e. The molecule has 126 valence electrons. The molecule has 1 amide bonds. The number of nitrogens with zero attached hydrogens (tertiary/aromatic N) is 1. The number of para-hydroxylation sites is 1. The van der Waals surface area contributed by atoms with Crippen molar-refractivity contribution in [1.82, 2.24) is 4.90 Å². The van der Waals surface area contributed by atoms with E-state index in [0.717, 1.165) is 24.2 Å². The number of carbonyl (C=O) groups is 1. The fourth-order valence-corrected chi connectivity index (χ4v) is 3.83. The first-order chi connectivity index (χ1) is 11.1. The van der Waals surface area contributed by atoms with E-state index in [0.29, 0.717) is 19.5 Å². The summed E-state index contributed by atoms with van der Waals surface area (Å²) in [5.41, 5.74) is 0.876. The van der Waals surface area contributed by atoms with Gasteiger partial charge in [0.25, 0.3) is 5.91 Å². The molecule has 2 atom stereocenters. The standard InChI is InChI=1S/C18H25NO4/c1-13-5-3-4-6-14(13)23-12-17(21)19-9-7-18(8-10-19)15(20)11-16(18)22-2/h3-6,15-16,20H,7-12H2,1-2H3/t15-,16+/m0/s1. The van der Waals surface area contributed by atoms with Gasteiger partial charge in [-0.05, 0) is 31.4 Å². The molecule has 23 heavy (non-hydrogen) atoms. The normalized spacial score (nSPS) is 26.0. The quantitative estimate of drug-likeness (QED) is 0.919. The number of amides is 1. The maximum Gasteiger partial charge on any atom is 0.260 e. The number of hydrogen-bond donors (Lipinski definition) is 1. The van der Waals surface area contributed by atoms with Crippen LogP contribution in [0.2, 0.25) is 0 Å². The van der Waals surface area contributed by atoms with E-state index in [4.69, 9.17) is 9.47 Å². The molecule has 1 aromatic rings. The summed E-state index contributed by atoms with van der Waals surface area (Å²) in [7, 11) is 1.70. The number of aliphatic hydroxyl groups excluding tert-OH is 1. The van der Waals surface area contributed by atoms with E-state index in [-0.39, 0.29) is 30.1 Å². The first kappa shape index (κ1) is 16.3. The van der Waals surface area contributed by atoms with Gasteiger partial charge in [-0.25, -0.2) is 0 Å². The van der Waals surface area contributed by atoms with Crippen molar-refractivity contribution in [1.29, 1.82) is 0 Å². The lowest BCUT2D eigenvalue weighted by molar-refractivity contribution is -0.202. The lowest BCUT2D eigenvalue weighted by Crippen LogP contribution is -2.62. The van der Waals surface area contributed by atoms with Gasteiger partial charge in [0.1, 0.15) is 5.75 Å². The summed E-state index contributed by atoms with van der Waals surface area (Å²) in [6.07, 6.45) is 2.12. The third-order valence-electron chi connectivity index (χ3n) is 5.52. The highest BCUT2D eigenvalue weighted by molar-refractivity contribution is 5.78. The van der Waals surface area contributed by atoms with Crippen LogP contribution in [0.15, 0.2) is 24.3 Å². The Bertz CT molecular complexity index is 566. The summed E-state index contributed by atoms with van der Waals surface area (Å²) in [4.78, 5) is 14.2. The molecule has 5 heteroatoms. The summed E-state index contributed by atoms with van der Waals surface area (Å²) in [6, 6.07) is 7.69. The van der Waals surface area contributed by atoms with Gasteiger partial charge in [-0.3, -0.25) is 4.79 Å². The van der Waals surface area contributed by atoms with Gasteiger partial charge in [-0.15, -0.1) is 0 Å². The predicted octanol–water partition coefficient (Wildman–Crippen LogP) is 1.76. The number of carbonyl (C=O) groups excluding carboxylic acids is 1. The number of ether oxygens (including phenoxy) is 2.